The van der Waals surface area contributed by atoms with Gasteiger partial charge in [0.25, 0.3) is 11.4 Å². The number of nitrogens with zero attached hydrogens (tertiary/aromatic N) is 4. The fourth-order valence-electron chi connectivity index (χ4n) is 3.44. The van der Waals surface area contributed by atoms with E-state index in [-0.39, 0.29) is 5.56 Å². The van der Waals surface area contributed by atoms with Crippen molar-refractivity contribution in [1.82, 2.24) is 24.3 Å². The molecule has 9 nitrogen and oxygen atoms in total. The zero-order chi connectivity index (χ0) is 21.4. The average molecular weight is 414 g/mol. The molecule has 2 N–H and O–H groups in total. The number of anilines is 2. The predicted octanol–water partition coefficient (Wildman–Crippen LogP) is 3.39. The first-order valence-electron chi connectivity index (χ1n) is 9.47. The van der Waals surface area contributed by atoms with Crippen LogP contribution in [0.25, 0.3) is 27.8 Å². The number of hydrogen-bond acceptors (Lipinski definition) is 7. The number of benzene rings is 1. The van der Waals surface area contributed by atoms with Gasteiger partial charge in [-0.3, -0.25) is 4.79 Å². The van der Waals surface area contributed by atoms with E-state index in [4.69, 9.17) is 9.47 Å². The lowest BCUT2D eigenvalue weighted by Crippen LogP contribution is -2.04. The lowest BCUT2D eigenvalue weighted by Gasteiger charge is -2.13. The van der Waals surface area contributed by atoms with E-state index < -0.39 is 0 Å². The summed E-state index contributed by atoms with van der Waals surface area (Å²) in [5, 5.41) is 3.32. The van der Waals surface area contributed by atoms with Gasteiger partial charge in [-0.1, -0.05) is 6.07 Å². The topological polar surface area (TPSA) is 106 Å². The molecule has 0 aliphatic carbocycles. The number of aromatic amines is 1. The number of ether oxygens (including phenoxy) is 2. The predicted molar refractivity (Wildman–Crippen MR) is 117 cm³/mol. The van der Waals surface area contributed by atoms with Crippen LogP contribution in [0.15, 0.2) is 66.0 Å². The summed E-state index contributed by atoms with van der Waals surface area (Å²) in [4.78, 5) is 27.5. The minimum atomic E-state index is -0.239. The van der Waals surface area contributed by atoms with Gasteiger partial charge in [0.05, 0.1) is 37.1 Å². The second kappa shape index (κ2) is 7.45. The zero-order valence-corrected chi connectivity index (χ0v) is 16.8. The zero-order valence-electron chi connectivity index (χ0n) is 16.8. The van der Waals surface area contributed by atoms with E-state index in [0.29, 0.717) is 23.0 Å². The van der Waals surface area contributed by atoms with Crippen molar-refractivity contribution in [3.8, 4) is 22.8 Å². The van der Waals surface area contributed by atoms with Crippen LogP contribution >= 0.6 is 0 Å². The second-order valence-electron chi connectivity index (χ2n) is 6.81. The highest BCUT2D eigenvalue weighted by Crippen LogP contribution is 2.31. The quantitative estimate of drug-likeness (QED) is 0.454. The number of H-pyrrole nitrogens is 1. The summed E-state index contributed by atoms with van der Waals surface area (Å²) in [7, 11) is 3.11. The van der Waals surface area contributed by atoms with Gasteiger partial charge >= 0.3 is 0 Å². The standard InChI is InChI=1S/C22H18N6O3/c1-30-18-5-6-19(27-22(18)31-2)25-17-10-14(12-28-8-7-23-21(17)28)13-3-4-15-16(9-13)26-20(29)11-24-15/h3-12H,1-2H3,(H,25,27)(H,26,29). The molecule has 4 heterocycles. The second-order valence-corrected chi connectivity index (χ2v) is 6.81. The summed E-state index contributed by atoms with van der Waals surface area (Å²) in [6.07, 6.45) is 6.85. The third-order valence-corrected chi connectivity index (χ3v) is 4.90. The van der Waals surface area contributed by atoms with E-state index in [9.17, 15) is 4.79 Å². The highest BCUT2D eigenvalue weighted by molar-refractivity contribution is 5.84. The van der Waals surface area contributed by atoms with Gasteiger partial charge in [-0.2, -0.15) is 4.98 Å². The average Bonchev–Trinajstić information content (AvgIpc) is 3.27. The van der Waals surface area contributed by atoms with Crippen LogP contribution in [0.4, 0.5) is 11.5 Å². The fourth-order valence-corrected chi connectivity index (χ4v) is 3.44. The molecule has 5 rings (SSSR count). The number of aromatic nitrogens is 5. The Morgan fingerprint density at radius 2 is 1.94 bits per heavy atom. The van der Waals surface area contributed by atoms with Crippen LogP contribution in [0, 0.1) is 0 Å². The van der Waals surface area contributed by atoms with Crippen LogP contribution in [-0.2, 0) is 0 Å². The monoisotopic (exact) mass is 414 g/mol. The van der Waals surface area contributed by atoms with Crippen molar-refractivity contribution in [2.75, 3.05) is 19.5 Å². The van der Waals surface area contributed by atoms with Gasteiger partial charge in [-0.15, -0.1) is 0 Å². The van der Waals surface area contributed by atoms with Crippen molar-refractivity contribution in [3.05, 3.63) is 71.5 Å². The number of nitrogens with one attached hydrogen (secondary N) is 2. The summed E-state index contributed by atoms with van der Waals surface area (Å²) in [6, 6.07) is 11.3. The molecule has 0 bridgehead atoms. The van der Waals surface area contributed by atoms with E-state index in [1.165, 1.54) is 6.20 Å². The lowest BCUT2D eigenvalue weighted by molar-refractivity contribution is 0.343. The first-order chi connectivity index (χ1) is 15.1. The molecule has 0 saturated heterocycles. The maximum Gasteiger partial charge on any atom is 0.266 e. The summed E-state index contributed by atoms with van der Waals surface area (Å²) in [5.41, 5.74) is 4.52. The summed E-state index contributed by atoms with van der Waals surface area (Å²) in [6.45, 7) is 0. The maximum absolute atomic E-state index is 11.7. The van der Waals surface area contributed by atoms with E-state index in [2.05, 4.69) is 25.3 Å². The molecule has 0 fully saturated rings. The molecule has 31 heavy (non-hydrogen) atoms. The van der Waals surface area contributed by atoms with Gasteiger partial charge in [0.15, 0.2) is 11.4 Å². The molecule has 0 saturated carbocycles. The Labute approximate surface area is 176 Å². The molecule has 0 aliphatic heterocycles. The third-order valence-electron chi connectivity index (χ3n) is 4.90. The molecule has 1 aromatic carbocycles. The summed E-state index contributed by atoms with van der Waals surface area (Å²) < 4.78 is 12.5. The molecule has 154 valence electrons. The van der Waals surface area contributed by atoms with Crippen molar-refractivity contribution < 1.29 is 9.47 Å². The molecule has 9 heteroatoms. The van der Waals surface area contributed by atoms with Gasteiger partial charge < -0.3 is 24.2 Å². The van der Waals surface area contributed by atoms with Crippen LogP contribution in [-0.4, -0.2) is 38.6 Å². The van der Waals surface area contributed by atoms with Gasteiger partial charge in [-0.25, -0.2) is 9.97 Å². The first kappa shape index (κ1) is 18.6. The van der Waals surface area contributed by atoms with Crippen molar-refractivity contribution >= 4 is 28.2 Å². The molecule has 5 aromatic rings. The van der Waals surface area contributed by atoms with E-state index >= 15 is 0 Å². The van der Waals surface area contributed by atoms with Crippen LogP contribution in [0.3, 0.4) is 0 Å². The Kier molecular flexibility index (Phi) is 4.47. The Hall–Kier alpha value is -4.40. The van der Waals surface area contributed by atoms with E-state index in [0.717, 1.165) is 28.0 Å². The summed E-state index contributed by atoms with van der Waals surface area (Å²) in [5.74, 6) is 1.52. The number of pyridine rings is 2. The van der Waals surface area contributed by atoms with E-state index in [1.807, 2.05) is 41.1 Å². The van der Waals surface area contributed by atoms with Crippen molar-refractivity contribution in [2.45, 2.75) is 0 Å². The Morgan fingerprint density at radius 1 is 1.03 bits per heavy atom. The SMILES string of the molecule is COc1ccc(Nc2cc(-c3ccc4ncc(=O)[nH]c4c3)cn3ccnc23)nc1OC. The number of hydrogen-bond donors (Lipinski definition) is 2. The molecule has 0 unspecified atom stereocenters. The number of imidazole rings is 1. The third kappa shape index (κ3) is 3.42. The molecule has 0 atom stereocenters. The minimum Gasteiger partial charge on any atom is -0.491 e. The largest absolute Gasteiger partial charge is 0.491 e. The van der Waals surface area contributed by atoms with Crippen molar-refractivity contribution in [3.63, 3.8) is 0 Å². The van der Waals surface area contributed by atoms with Crippen LogP contribution in [0.2, 0.25) is 0 Å². The normalized spacial score (nSPS) is 11.0. The van der Waals surface area contributed by atoms with Crippen LogP contribution in [0.1, 0.15) is 0 Å². The number of fused-ring (bicyclic) bond motifs is 2. The highest BCUT2D eigenvalue weighted by Gasteiger charge is 2.11. The number of rotatable bonds is 5. The minimum absolute atomic E-state index is 0.239. The van der Waals surface area contributed by atoms with Crippen molar-refractivity contribution in [2.24, 2.45) is 0 Å². The number of methoxy groups -OCH3 is 2. The molecular formula is C22H18N6O3. The molecule has 4 aromatic heterocycles. The Morgan fingerprint density at radius 3 is 2.77 bits per heavy atom. The molecular weight excluding hydrogens is 396 g/mol. The van der Waals surface area contributed by atoms with Crippen LogP contribution in [0.5, 0.6) is 11.6 Å². The van der Waals surface area contributed by atoms with Gasteiger partial charge in [0.1, 0.15) is 5.82 Å². The van der Waals surface area contributed by atoms with Gasteiger partial charge in [-0.05, 0) is 35.9 Å². The van der Waals surface area contributed by atoms with Crippen molar-refractivity contribution in [1.29, 1.82) is 0 Å². The lowest BCUT2D eigenvalue weighted by atomic mass is 10.1. The van der Waals surface area contributed by atoms with Gasteiger partial charge in [0.2, 0.25) is 0 Å². The molecule has 0 spiro atoms. The fraction of sp³-hybridized carbons (Fsp3) is 0.0909. The van der Waals surface area contributed by atoms with E-state index in [1.54, 1.807) is 32.5 Å². The highest BCUT2D eigenvalue weighted by atomic mass is 16.5. The smallest absolute Gasteiger partial charge is 0.266 e. The summed E-state index contributed by atoms with van der Waals surface area (Å²) >= 11 is 0. The molecule has 0 radical (unpaired) electrons. The van der Waals surface area contributed by atoms with Gasteiger partial charge in [0, 0.05) is 24.2 Å². The molecule has 0 aliphatic rings. The van der Waals surface area contributed by atoms with Crippen LogP contribution < -0.4 is 20.3 Å². The Balaban J connectivity index is 1.60. The molecule has 0 amide bonds. The maximum atomic E-state index is 11.7. The Bertz CT molecular complexity index is 1470. The first-order valence-corrected chi connectivity index (χ1v) is 9.47.